The van der Waals surface area contributed by atoms with Crippen LogP contribution in [0.25, 0.3) is 0 Å². The Hall–Kier alpha value is -0.120. The first-order valence-electron chi connectivity index (χ1n) is 5.00. The molecule has 14 heavy (non-hydrogen) atoms. The fourth-order valence-corrected chi connectivity index (χ4v) is 2.93. The lowest BCUT2D eigenvalue weighted by atomic mass is 9.85. The lowest BCUT2D eigenvalue weighted by molar-refractivity contribution is 0.308. The van der Waals surface area contributed by atoms with E-state index in [0.717, 1.165) is 24.7 Å². The second-order valence-electron chi connectivity index (χ2n) is 3.95. The van der Waals surface area contributed by atoms with Gasteiger partial charge in [-0.15, -0.1) is 22.9 Å². The molecule has 4 heteroatoms. The number of hydrogen-bond donors (Lipinski definition) is 1. The minimum absolute atomic E-state index is 0.434. The summed E-state index contributed by atoms with van der Waals surface area (Å²) >= 11 is 7.63. The van der Waals surface area contributed by atoms with Crippen molar-refractivity contribution in [2.24, 2.45) is 5.92 Å². The monoisotopic (exact) mass is 230 g/mol. The maximum absolute atomic E-state index is 5.90. The van der Waals surface area contributed by atoms with Crippen LogP contribution in [0.15, 0.2) is 5.38 Å². The van der Waals surface area contributed by atoms with Crippen LogP contribution >= 0.6 is 22.9 Å². The van der Waals surface area contributed by atoms with Crippen LogP contribution in [0.3, 0.4) is 0 Å². The van der Waals surface area contributed by atoms with Gasteiger partial charge < -0.3 is 5.32 Å². The summed E-state index contributed by atoms with van der Waals surface area (Å²) in [7, 11) is 0. The van der Waals surface area contributed by atoms with Crippen LogP contribution in [0, 0.1) is 12.8 Å². The van der Waals surface area contributed by atoms with Gasteiger partial charge in [-0.25, -0.2) is 4.98 Å². The van der Waals surface area contributed by atoms with Gasteiger partial charge in [-0.1, -0.05) is 0 Å². The van der Waals surface area contributed by atoms with Gasteiger partial charge in [0, 0.05) is 23.0 Å². The third-order valence-electron chi connectivity index (χ3n) is 2.55. The highest BCUT2D eigenvalue weighted by Crippen LogP contribution is 2.31. The maximum Gasteiger partial charge on any atom is 0.107 e. The van der Waals surface area contributed by atoms with Crippen LogP contribution in [-0.2, 0) is 6.54 Å². The molecule has 0 radical (unpaired) electrons. The van der Waals surface area contributed by atoms with E-state index in [4.69, 9.17) is 11.6 Å². The third kappa shape index (κ3) is 2.69. The summed E-state index contributed by atoms with van der Waals surface area (Å²) in [6, 6.07) is 0. The van der Waals surface area contributed by atoms with E-state index < -0.39 is 0 Å². The number of nitrogens with one attached hydrogen (secondary N) is 1. The first-order valence-corrected chi connectivity index (χ1v) is 6.31. The van der Waals surface area contributed by atoms with Gasteiger partial charge in [0.15, 0.2) is 0 Å². The van der Waals surface area contributed by atoms with Crippen LogP contribution in [0.4, 0.5) is 0 Å². The van der Waals surface area contributed by atoms with Gasteiger partial charge in [0.1, 0.15) is 5.01 Å². The first-order chi connectivity index (χ1) is 6.74. The normalized spacial score (nSPS) is 26.1. The van der Waals surface area contributed by atoms with Crippen molar-refractivity contribution >= 4 is 22.9 Å². The van der Waals surface area contributed by atoms with E-state index in [2.05, 4.69) is 15.7 Å². The van der Waals surface area contributed by atoms with E-state index in [0.29, 0.717) is 5.38 Å². The molecule has 2 rings (SSSR count). The van der Waals surface area contributed by atoms with Crippen molar-refractivity contribution in [1.29, 1.82) is 0 Å². The van der Waals surface area contributed by atoms with Gasteiger partial charge in [-0.05, 0) is 32.2 Å². The highest BCUT2D eigenvalue weighted by Gasteiger charge is 2.26. The number of alkyl halides is 1. The Labute approximate surface area is 93.7 Å². The van der Waals surface area contributed by atoms with Crippen molar-refractivity contribution in [1.82, 2.24) is 10.3 Å². The van der Waals surface area contributed by atoms with Gasteiger partial charge in [0.25, 0.3) is 0 Å². The molecule has 0 saturated heterocycles. The molecule has 1 saturated carbocycles. The summed E-state index contributed by atoms with van der Waals surface area (Å²) in [5, 5.41) is 7.14. The molecule has 1 aromatic heterocycles. The van der Waals surface area contributed by atoms with Crippen molar-refractivity contribution in [3.8, 4) is 0 Å². The molecule has 1 heterocycles. The molecule has 0 unspecified atom stereocenters. The molecular formula is C10H15ClN2S. The number of aryl methyl sites for hydroxylation is 1. The molecule has 1 N–H and O–H groups in total. The summed E-state index contributed by atoms with van der Waals surface area (Å²) in [5.74, 6) is 0.790. The van der Waals surface area contributed by atoms with Crippen molar-refractivity contribution in [3.05, 3.63) is 16.1 Å². The summed E-state index contributed by atoms with van der Waals surface area (Å²) in [4.78, 5) is 4.40. The fourth-order valence-electron chi connectivity index (χ4n) is 1.69. The zero-order valence-electron chi connectivity index (χ0n) is 8.29. The second kappa shape index (κ2) is 4.60. The molecule has 0 aliphatic heterocycles. The lowest BCUT2D eigenvalue weighted by Crippen LogP contribution is -2.33. The molecular weight excluding hydrogens is 216 g/mol. The van der Waals surface area contributed by atoms with Crippen LogP contribution in [0.2, 0.25) is 0 Å². The standard InChI is InChI=1S/C10H15ClN2S/c1-7-6-14-10(13-7)5-12-4-8-2-9(11)3-8/h6,8-9,12H,2-5H2,1H3. The Kier molecular flexibility index (Phi) is 3.42. The molecule has 1 fully saturated rings. The molecule has 0 atom stereocenters. The van der Waals surface area contributed by atoms with Gasteiger partial charge in [-0.3, -0.25) is 0 Å². The summed E-state index contributed by atoms with van der Waals surface area (Å²) in [6.45, 7) is 4.02. The van der Waals surface area contributed by atoms with E-state index >= 15 is 0 Å². The summed E-state index contributed by atoms with van der Waals surface area (Å²) < 4.78 is 0. The Bertz CT molecular complexity index is 294. The minimum atomic E-state index is 0.434. The number of nitrogens with zero attached hydrogens (tertiary/aromatic N) is 1. The van der Waals surface area contributed by atoms with Gasteiger partial charge >= 0.3 is 0 Å². The molecule has 1 aromatic rings. The van der Waals surface area contributed by atoms with E-state index in [9.17, 15) is 0 Å². The molecule has 78 valence electrons. The van der Waals surface area contributed by atoms with E-state index in [1.807, 2.05) is 6.92 Å². The quantitative estimate of drug-likeness (QED) is 0.805. The van der Waals surface area contributed by atoms with Crippen LogP contribution in [0.1, 0.15) is 23.5 Å². The Balaban J connectivity index is 1.63. The van der Waals surface area contributed by atoms with E-state index in [-0.39, 0.29) is 0 Å². The van der Waals surface area contributed by atoms with E-state index in [1.165, 1.54) is 17.8 Å². The molecule has 0 aromatic carbocycles. The third-order valence-corrected chi connectivity index (χ3v) is 3.88. The number of thiazole rings is 1. The van der Waals surface area contributed by atoms with Crippen molar-refractivity contribution in [2.45, 2.75) is 31.7 Å². The smallest absolute Gasteiger partial charge is 0.107 e. The topological polar surface area (TPSA) is 24.9 Å². The molecule has 1 aliphatic rings. The Morgan fingerprint density at radius 3 is 3.00 bits per heavy atom. The average Bonchev–Trinajstić information content (AvgIpc) is 2.48. The van der Waals surface area contributed by atoms with E-state index in [1.54, 1.807) is 11.3 Å². The molecule has 0 bridgehead atoms. The van der Waals surface area contributed by atoms with Crippen LogP contribution < -0.4 is 5.32 Å². The molecule has 1 aliphatic carbocycles. The zero-order chi connectivity index (χ0) is 9.97. The Morgan fingerprint density at radius 1 is 1.64 bits per heavy atom. The first kappa shape index (κ1) is 10.4. The van der Waals surface area contributed by atoms with Gasteiger partial charge in [-0.2, -0.15) is 0 Å². The van der Waals surface area contributed by atoms with Gasteiger partial charge in [0.05, 0.1) is 0 Å². The highest BCUT2D eigenvalue weighted by molar-refractivity contribution is 7.09. The molecule has 2 nitrogen and oxygen atoms in total. The second-order valence-corrected chi connectivity index (χ2v) is 5.51. The fraction of sp³-hybridized carbons (Fsp3) is 0.700. The maximum atomic E-state index is 5.90. The number of aromatic nitrogens is 1. The summed E-state index contributed by atoms with van der Waals surface area (Å²) in [5.41, 5.74) is 1.12. The van der Waals surface area contributed by atoms with Crippen molar-refractivity contribution in [2.75, 3.05) is 6.54 Å². The van der Waals surface area contributed by atoms with Gasteiger partial charge in [0.2, 0.25) is 0 Å². The van der Waals surface area contributed by atoms with Crippen LogP contribution in [-0.4, -0.2) is 16.9 Å². The zero-order valence-corrected chi connectivity index (χ0v) is 9.87. The SMILES string of the molecule is Cc1csc(CNCC2CC(Cl)C2)n1. The number of rotatable bonds is 4. The Morgan fingerprint density at radius 2 is 2.43 bits per heavy atom. The molecule has 0 spiro atoms. The van der Waals surface area contributed by atoms with Crippen molar-refractivity contribution in [3.63, 3.8) is 0 Å². The lowest BCUT2D eigenvalue weighted by Gasteiger charge is -2.30. The minimum Gasteiger partial charge on any atom is -0.310 e. The largest absolute Gasteiger partial charge is 0.310 e. The predicted molar refractivity (Wildman–Crippen MR) is 60.9 cm³/mol. The number of hydrogen-bond acceptors (Lipinski definition) is 3. The molecule has 0 amide bonds. The summed E-state index contributed by atoms with van der Waals surface area (Å²) in [6.07, 6.45) is 2.34. The predicted octanol–water partition coefficient (Wildman–Crippen LogP) is 2.56. The highest BCUT2D eigenvalue weighted by atomic mass is 35.5. The van der Waals surface area contributed by atoms with Crippen LogP contribution in [0.5, 0.6) is 0 Å². The number of halogens is 1. The van der Waals surface area contributed by atoms with Crippen molar-refractivity contribution < 1.29 is 0 Å². The average molecular weight is 231 g/mol.